The van der Waals surface area contributed by atoms with Crippen molar-refractivity contribution in [3.05, 3.63) is 23.5 Å². The first-order valence-corrected chi connectivity index (χ1v) is 34.3. The summed E-state index contributed by atoms with van der Waals surface area (Å²) in [5, 5.41) is 6.92. The van der Waals surface area contributed by atoms with E-state index in [0.717, 1.165) is 11.4 Å². The highest BCUT2D eigenvalue weighted by molar-refractivity contribution is 7.93. The van der Waals surface area contributed by atoms with Crippen LogP contribution in [0.5, 0.6) is 0 Å². The van der Waals surface area contributed by atoms with Gasteiger partial charge in [-0.05, 0) is 39.2 Å². The van der Waals surface area contributed by atoms with Gasteiger partial charge in [0.2, 0.25) is 37.8 Å². The fourth-order valence-electron chi connectivity index (χ4n) is 7.68. The lowest BCUT2D eigenvalue weighted by Gasteiger charge is -2.25. The second kappa shape index (κ2) is 26.8. The molecule has 8 unspecified atom stereocenters. The molecule has 7 aliphatic heterocycles. The zero-order valence-electron chi connectivity index (χ0n) is 49.6. The highest BCUT2D eigenvalue weighted by Crippen LogP contribution is 2.30. The van der Waals surface area contributed by atoms with Crippen LogP contribution in [0.15, 0.2) is 23.5 Å². The average molecular weight is 1220 g/mol. The number of nitrogens with one attached hydrogen (secondary N) is 7. The van der Waals surface area contributed by atoms with Gasteiger partial charge >= 0.3 is 0 Å². The van der Waals surface area contributed by atoms with Crippen LogP contribution in [0, 0.1) is 37.9 Å². The van der Waals surface area contributed by atoms with Crippen LogP contribution in [0.3, 0.4) is 0 Å². The lowest BCUT2D eigenvalue weighted by molar-refractivity contribution is -0.123. The third-order valence-electron chi connectivity index (χ3n) is 11.8. The summed E-state index contributed by atoms with van der Waals surface area (Å²) < 4.78 is 110. The monoisotopic (exact) mass is 1220 g/mol. The van der Waals surface area contributed by atoms with Crippen molar-refractivity contribution in [3.63, 3.8) is 0 Å². The minimum absolute atomic E-state index is 0.0162. The molecule has 452 valence electrons. The molecule has 0 aromatic heterocycles. The van der Waals surface area contributed by atoms with Crippen molar-refractivity contribution < 1.29 is 66.6 Å². The molecule has 7 heterocycles. The fraction of sp³-hybridized carbons (Fsp3) is 0.800. The molecule has 7 N–H and O–H groups in total. The number of hydrogen-bond donors (Lipinski definition) is 7. The first-order valence-electron chi connectivity index (χ1n) is 25.3. The van der Waals surface area contributed by atoms with Gasteiger partial charge in [0.05, 0.1) is 63.6 Å². The van der Waals surface area contributed by atoms with E-state index < -0.39 is 85.4 Å². The van der Waals surface area contributed by atoms with Crippen LogP contribution in [0.25, 0.3) is 0 Å². The fourth-order valence-corrected chi connectivity index (χ4v) is 16.2. The topological polar surface area (TPSA) is 340 Å². The molecule has 8 atom stereocenters. The summed E-state index contributed by atoms with van der Waals surface area (Å²) in [5.74, 6) is -0.395. The Labute approximate surface area is 473 Å². The zero-order chi connectivity index (χ0) is 61.6. The lowest BCUT2D eigenvalue weighted by atomic mass is 9.85. The molecule has 0 aromatic rings. The first-order chi connectivity index (χ1) is 34.5. The van der Waals surface area contributed by atoms with Crippen molar-refractivity contribution in [2.24, 2.45) is 37.9 Å². The molecule has 3 amide bonds. The molecule has 0 spiro atoms. The van der Waals surface area contributed by atoms with Gasteiger partial charge in [-0.2, -0.15) is 0 Å². The summed E-state index contributed by atoms with van der Waals surface area (Å²) in [5.41, 5.74) is 0.800. The number of rotatable bonds is 0. The largest absolute Gasteiger partial charge is 0.345 e. The van der Waals surface area contributed by atoms with Crippen molar-refractivity contribution in [2.45, 2.75) is 181 Å². The maximum absolute atomic E-state index is 11.3. The zero-order valence-corrected chi connectivity index (χ0v) is 54.5. The summed E-state index contributed by atoms with van der Waals surface area (Å²) in [6.45, 7) is 40.8. The molecule has 0 radical (unpaired) electrons. The van der Waals surface area contributed by atoms with E-state index in [1.165, 1.54) is 0 Å². The Morgan fingerprint density at radius 3 is 1.15 bits per heavy atom. The molecule has 0 bridgehead atoms. The maximum atomic E-state index is 11.3. The Hall–Kier alpha value is -3.28. The second-order valence-corrected chi connectivity index (χ2v) is 36.8. The Morgan fingerprint density at radius 1 is 0.474 bits per heavy atom. The number of carbonyl (C=O) groups excluding carboxylic acids is 6. The standard InChI is InChI=1S/C8H13NO2.2C7H13NO3S.3C7H13NO2S.C7H13NOS/c1-8(2,3)7-5(10)4-6(11)9-7;1-7(2,3)6-8-5(9)4-12(6,10)11;1-7(2,3)6-5(9)4-12(10,11)8-6;1-7(2,3)6-8-5(9)4-11(6)10;1-7(2,3)6-5(9)4-11(10)8-6;1-7(2,3)6-4-5-11(9,10)8-6;1-7(2,3)6-4-5-10(9)8-6/h7H,4H2,1-3H3,(H,9,11);6H,4H2,1-3H3,(H,8,9);6,8H,4H2,1-3H3;6H,4H2,1-3H3,(H,8,9);6,8H,4H2,1-3H3;4,8H,5H2,1-3H3;4,8H,5H2,1-3H3. The number of amides is 3. The third kappa shape index (κ3) is 24.4. The molecular weight excluding hydrogens is 1130 g/mol. The third-order valence-corrected chi connectivity index (χ3v) is 20.3. The number of sulfone groups is 1. The Morgan fingerprint density at radius 2 is 0.974 bits per heavy atom. The van der Waals surface area contributed by atoms with Crippen molar-refractivity contribution in [1.82, 2.24) is 34.8 Å². The normalized spacial score (nSPS) is 28.2. The summed E-state index contributed by atoms with van der Waals surface area (Å²) in [6.07, 6.45) is 3.80. The quantitative estimate of drug-likeness (QED) is 0.172. The van der Waals surface area contributed by atoms with E-state index in [0.29, 0.717) is 5.75 Å². The van der Waals surface area contributed by atoms with E-state index in [2.05, 4.69) is 55.6 Å². The summed E-state index contributed by atoms with van der Waals surface area (Å²) in [4.78, 5) is 65.9. The van der Waals surface area contributed by atoms with Gasteiger partial charge in [-0.3, -0.25) is 37.7 Å². The van der Waals surface area contributed by atoms with Gasteiger partial charge < -0.3 is 20.7 Å². The van der Waals surface area contributed by atoms with Gasteiger partial charge in [-0.15, -0.1) is 0 Å². The van der Waals surface area contributed by atoms with Crippen LogP contribution in [0.4, 0.5) is 0 Å². The molecule has 0 aromatic carbocycles. The number of ketones is 3. The van der Waals surface area contributed by atoms with Crippen molar-refractivity contribution >= 4 is 97.7 Å². The van der Waals surface area contributed by atoms with E-state index in [-0.39, 0.29) is 114 Å². The van der Waals surface area contributed by atoms with E-state index >= 15 is 0 Å². The van der Waals surface area contributed by atoms with Gasteiger partial charge in [0, 0.05) is 22.2 Å². The molecule has 78 heavy (non-hydrogen) atoms. The number of hydrogen-bond acceptors (Lipinski definition) is 15. The highest BCUT2D eigenvalue weighted by atomic mass is 32.2. The van der Waals surface area contributed by atoms with Gasteiger partial charge in [0.1, 0.15) is 39.0 Å². The first kappa shape index (κ1) is 72.7. The average Bonchev–Trinajstić information content (AvgIpc) is 4.08. The molecule has 0 saturated carbocycles. The summed E-state index contributed by atoms with van der Waals surface area (Å²) in [7, 11) is -12.6. The van der Waals surface area contributed by atoms with E-state index in [9.17, 15) is 66.6 Å². The maximum Gasteiger partial charge on any atom is 0.236 e. The molecule has 5 fully saturated rings. The second-order valence-electron chi connectivity index (χ2n) is 27.2. The van der Waals surface area contributed by atoms with Crippen molar-refractivity contribution in [2.75, 3.05) is 34.5 Å². The number of allylic oxidation sites excluding steroid dienone is 2. The van der Waals surface area contributed by atoms with Crippen LogP contribution in [-0.2, 0) is 91.4 Å². The molecule has 5 saturated heterocycles. The van der Waals surface area contributed by atoms with Crippen LogP contribution >= 0.6 is 0 Å². The molecular formula is C50H91N7O15S6. The molecule has 22 nitrogen and oxygen atoms in total. The number of sulfonamides is 2. The van der Waals surface area contributed by atoms with Gasteiger partial charge in [0.15, 0.2) is 27.2 Å². The number of Topliss-reactive ketones (excluding diaryl/α,β-unsaturated/α-hetero) is 3. The summed E-state index contributed by atoms with van der Waals surface area (Å²) >= 11 is 0. The lowest BCUT2D eigenvalue weighted by Crippen LogP contribution is -2.40. The van der Waals surface area contributed by atoms with E-state index in [4.69, 9.17) is 0 Å². The number of carbonyl (C=O) groups is 6. The van der Waals surface area contributed by atoms with Gasteiger partial charge in [-0.1, -0.05) is 145 Å². The van der Waals surface area contributed by atoms with Crippen LogP contribution in [0.2, 0.25) is 0 Å². The van der Waals surface area contributed by atoms with Gasteiger partial charge in [-0.25, -0.2) is 43.1 Å². The van der Waals surface area contributed by atoms with E-state index in [1.807, 2.05) is 110 Å². The van der Waals surface area contributed by atoms with Crippen LogP contribution in [-0.4, -0.2) is 136 Å². The van der Waals surface area contributed by atoms with Crippen molar-refractivity contribution in [1.29, 1.82) is 0 Å². The van der Waals surface area contributed by atoms with Gasteiger partial charge in [0.25, 0.3) is 0 Å². The minimum atomic E-state index is -3.33. The molecule has 7 aliphatic rings. The van der Waals surface area contributed by atoms with Crippen molar-refractivity contribution in [3.8, 4) is 0 Å². The smallest absolute Gasteiger partial charge is 0.236 e. The minimum Gasteiger partial charge on any atom is -0.345 e. The summed E-state index contributed by atoms with van der Waals surface area (Å²) in [6, 6.07) is -1.07. The van der Waals surface area contributed by atoms with Crippen LogP contribution in [0.1, 0.15) is 152 Å². The molecule has 0 aliphatic carbocycles. The Kier molecular flexibility index (Phi) is 24.9. The van der Waals surface area contributed by atoms with Crippen LogP contribution < -0.4 is 34.8 Å². The predicted octanol–water partition coefficient (Wildman–Crippen LogP) is 2.80. The Bertz CT molecular complexity index is 2620. The molecule has 7 rings (SSSR count). The molecule has 28 heteroatoms. The Balaban J connectivity index is 0.000000455. The SMILES string of the molecule is CC(C)(C)C1=CCS(=O)(=O)N1.CC(C)(C)C1=CCS(=O)N1.CC(C)(C)C1NC(=O)CC1=O.CC(C)(C)C1NC(=O)CS1(=O)=O.CC(C)(C)C1NC(=O)CS1=O.CC(C)(C)C1NS(=O)(=O)CC1=O.CC(C)(C)C1NS(=O)CC1=O. The van der Waals surface area contributed by atoms with E-state index in [1.54, 1.807) is 26.8 Å². The highest BCUT2D eigenvalue weighted by Gasteiger charge is 2.45. The predicted molar refractivity (Wildman–Crippen MR) is 308 cm³/mol.